The third kappa shape index (κ3) is 4.05. The van der Waals surface area contributed by atoms with Gasteiger partial charge >= 0.3 is 0 Å². The van der Waals surface area contributed by atoms with Crippen molar-refractivity contribution in [2.75, 3.05) is 42.5 Å². The number of halogens is 1. The number of nitro benzene ring substituents is 1. The number of hydrogen-bond acceptors (Lipinski definition) is 5. The molecule has 1 aromatic carbocycles. The molecule has 0 N–H and O–H groups in total. The third-order valence-electron chi connectivity index (χ3n) is 5.78. The first-order valence-corrected chi connectivity index (χ1v) is 10.1. The van der Waals surface area contributed by atoms with Crippen LogP contribution in [0.4, 0.5) is 21.5 Å². The predicted molar refractivity (Wildman–Crippen MR) is 107 cm³/mol. The van der Waals surface area contributed by atoms with Gasteiger partial charge in [0.1, 0.15) is 5.69 Å². The van der Waals surface area contributed by atoms with Crippen molar-refractivity contribution in [3.8, 4) is 0 Å². The molecule has 0 unspecified atom stereocenters. The van der Waals surface area contributed by atoms with E-state index in [1.165, 1.54) is 0 Å². The van der Waals surface area contributed by atoms with E-state index in [0.29, 0.717) is 37.6 Å². The van der Waals surface area contributed by atoms with Gasteiger partial charge in [-0.3, -0.25) is 14.9 Å². The number of anilines is 2. The van der Waals surface area contributed by atoms with Gasteiger partial charge in [0.15, 0.2) is 5.82 Å². The Balaban J connectivity index is 1.88. The molecule has 0 spiro atoms. The summed E-state index contributed by atoms with van der Waals surface area (Å²) in [7, 11) is 0. The molecule has 7 nitrogen and oxygen atoms in total. The Morgan fingerprint density at radius 2 is 1.82 bits per heavy atom. The highest BCUT2D eigenvalue weighted by Gasteiger charge is 2.30. The van der Waals surface area contributed by atoms with Crippen molar-refractivity contribution < 1.29 is 14.1 Å². The molecule has 1 amide bonds. The standard InChI is InChI=1S/C20H29FN4O3/c1-14(2)20(26)23-10-8-22(9-11-23)18-13-17(16(21)12-19(18)25(27)28)24-7-5-4-6-15(24)3/h12-15H,4-11H2,1-3H3/t15-/m1/s1. The van der Waals surface area contributed by atoms with E-state index in [9.17, 15) is 19.3 Å². The molecule has 0 aromatic heterocycles. The normalized spacial score (nSPS) is 20.6. The minimum Gasteiger partial charge on any atom is -0.366 e. The van der Waals surface area contributed by atoms with Crippen LogP contribution in [0.1, 0.15) is 40.0 Å². The lowest BCUT2D eigenvalue weighted by Crippen LogP contribution is -2.50. The molecule has 0 aliphatic carbocycles. The number of carbonyl (C=O) groups is 1. The summed E-state index contributed by atoms with van der Waals surface area (Å²) in [5.74, 6) is -0.521. The van der Waals surface area contributed by atoms with E-state index < -0.39 is 10.7 Å². The number of piperazine rings is 1. The number of nitrogens with zero attached hydrogens (tertiary/aromatic N) is 4. The molecular weight excluding hydrogens is 363 g/mol. The van der Waals surface area contributed by atoms with Gasteiger partial charge in [0, 0.05) is 44.7 Å². The first-order valence-electron chi connectivity index (χ1n) is 10.1. The average Bonchev–Trinajstić information content (AvgIpc) is 2.68. The summed E-state index contributed by atoms with van der Waals surface area (Å²) in [4.78, 5) is 29.0. The van der Waals surface area contributed by atoms with Gasteiger partial charge in [0.2, 0.25) is 5.91 Å². The number of amides is 1. The van der Waals surface area contributed by atoms with Gasteiger partial charge in [0.05, 0.1) is 16.7 Å². The second-order valence-corrected chi connectivity index (χ2v) is 8.05. The van der Waals surface area contributed by atoms with Crippen LogP contribution in [-0.2, 0) is 4.79 Å². The van der Waals surface area contributed by atoms with E-state index in [4.69, 9.17) is 0 Å². The Morgan fingerprint density at radius 1 is 1.14 bits per heavy atom. The van der Waals surface area contributed by atoms with Crippen molar-refractivity contribution in [3.05, 3.63) is 28.1 Å². The van der Waals surface area contributed by atoms with Crippen LogP contribution in [0.5, 0.6) is 0 Å². The van der Waals surface area contributed by atoms with E-state index in [-0.39, 0.29) is 23.6 Å². The Morgan fingerprint density at radius 3 is 2.39 bits per heavy atom. The predicted octanol–water partition coefficient (Wildman–Crippen LogP) is 3.42. The maximum Gasteiger partial charge on any atom is 0.295 e. The molecule has 2 fully saturated rings. The lowest BCUT2D eigenvalue weighted by molar-refractivity contribution is -0.384. The summed E-state index contributed by atoms with van der Waals surface area (Å²) in [6.45, 7) is 8.58. The minimum absolute atomic E-state index is 0.0705. The van der Waals surface area contributed by atoms with Crippen LogP contribution in [-0.4, -0.2) is 54.5 Å². The van der Waals surface area contributed by atoms with Crippen LogP contribution in [0.3, 0.4) is 0 Å². The summed E-state index contributed by atoms with van der Waals surface area (Å²) in [5, 5.41) is 11.6. The highest BCUT2D eigenvalue weighted by Crippen LogP contribution is 2.37. The summed E-state index contributed by atoms with van der Waals surface area (Å²) in [6.07, 6.45) is 3.10. The molecule has 2 aliphatic rings. The zero-order valence-corrected chi connectivity index (χ0v) is 16.9. The highest BCUT2D eigenvalue weighted by atomic mass is 19.1. The van der Waals surface area contributed by atoms with Crippen molar-refractivity contribution in [3.63, 3.8) is 0 Å². The quantitative estimate of drug-likeness (QED) is 0.580. The molecule has 2 heterocycles. The summed E-state index contributed by atoms with van der Waals surface area (Å²) >= 11 is 0. The maximum absolute atomic E-state index is 14.8. The largest absolute Gasteiger partial charge is 0.366 e. The van der Waals surface area contributed by atoms with Gasteiger partial charge in [-0.2, -0.15) is 0 Å². The van der Waals surface area contributed by atoms with Gasteiger partial charge < -0.3 is 14.7 Å². The molecule has 154 valence electrons. The van der Waals surface area contributed by atoms with Crippen molar-refractivity contribution in [2.24, 2.45) is 5.92 Å². The summed E-state index contributed by atoms with van der Waals surface area (Å²) in [5.41, 5.74) is 0.666. The Kier molecular flexibility index (Phi) is 6.05. The number of hydrogen-bond donors (Lipinski definition) is 0. The van der Waals surface area contributed by atoms with Gasteiger partial charge in [-0.25, -0.2) is 4.39 Å². The monoisotopic (exact) mass is 392 g/mol. The number of piperidine rings is 1. The molecule has 3 rings (SSSR count). The van der Waals surface area contributed by atoms with Crippen molar-refractivity contribution in [1.82, 2.24) is 4.90 Å². The SMILES string of the molecule is CC(C)C(=O)N1CCN(c2cc(N3CCCC[C@H]3C)c(F)cc2[N+](=O)[O-])CC1. The highest BCUT2D eigenvalue weighted by molar-refractivity contribution is 5.79. The van der Waals surface area contributed by atoms with Crippen LogP contribution >= 0.6 is 0 Å². The second-order valence-electron chi connectivity index (χ2n) is 8.05. The van der Waals surface area contributed by atoms with E-state index >= 15 is 0 Å². The zero-order chi connectivity index (χ0) is 20.4. The Labute approximate surface area is 165 Å². The first kappa shape index (κ1) is 20.4. The molecule has 1 atom stereocenters. The van der Waals surface area contributed by atoms with Gasteiger partial charge in [0.25, 0.3) is 5.69 Å². The van der Waals surface area contributed by atoms with Crippen LogP contribution in [0.25, 0.3) is 0 Å². The lowest BCUT2D eigenvalue weighted by atomic mass is 10.0. The van der Waals surface area contributed by atoms with Crippen molar-refractivity contribution in [2.45, 2.75) is 46.1 Å². The molecule has 0 radical (unpaired) electrons. The molecule has 1 aromatic rings. The van der Waals surface area contributed by atoms with E-state index in [2.05, 4.69) is 6.92 Å². The number of rotatable bonds is 4. The molecule has 2 saturated heterocycles. The number of carbonyl (C=O) groups excluding carboxylic acids is 1. The number of benzene rings is 1. The van der Waals surface area contributed by atoms with Crippen molar-refractivity contribution >= 4 is 23.0 Å². The molecule has 0 saturated carbocycles. The minimum atomic E-state index is -0.544. The average molecular weight is 392 g/mol. The fourth-order valence-corrected chi connectivity index (χ4v) is 4.15. The van der Waals surface area contributed by atoms with Gasteiger partial charge in [-0.05, 0) is 32.3 Å². The molecule has 2 aliphatic heterocycles. The topological polar surface area (TPSA) is 69.9 Å². The smallest absolute Gasteiger partial charge is 0.295 e. The fraction of sp³-hybridized carbons (Fsp3) is 0.650. The maximum atomic E-state index is 14.8. The van der Waals surface area contributed by atoms with E-state index in [1.807, 2.05) is 23.6 Å². The Bertz CT molecular complexity index is 747. The van der Waals surface area contributed by atoms with Crippen LogP contribution in [0, 0.1) is 21.8 Å². The number of nitro groups is 1. The molecular formula is C20H29FN4O3. The fourth-order valence-electron chi connectivity index (χ4n) is 4.15. The van der Waals surface area contributed by atoms with Crippen LogP contribution in [0.2, 0.25) is 0 Å². The summed E-state index contributed by atoms with van der Waals surface area (Å²) in [6, 6.07) is 2.89. The van der Waals surface area contributed by atoms with E-state index in [0.717, 1.165) is 31.9 Å². The van der Waals surface area contributed by atoms with E-state index in [1.54, 1.807) is 11.0 Å². The molecule has 8 heteroatoms. The third-order valence-corrected chi connectivity index (χ3v) is 5.78. The van der Waals surface area contributed by atoms with Crippen molar-refractivity contribution in [1.29, 1.82) is 0 Å². The second kappa shape index (κ2) is 8.32. The first-order chi connectivity index (χ1) is 13.3. The van der Waals surface area contributed by atoms with Gasteiger partial charge in [-0.15, -0.1) is 0 Å². The molecule has 0 bridgehead atoms. The van der Waals surface area contributed by atoms with Crippen LogP contribution in [0.15, 0.2) is 12.1 Å². The lowest BCUT2D eigenvalue weighted by Gasteiger charge is -2.38. The Hall–Kier alpha value is -2.38. The van der Waals surface area contributed by atoms with Gasteiger partial charge in [-0.1, -0.05) is 13.8 Å². The van der Waals surface area contributed by atoms with Crippen LogP contribution < -0.4 is 9.80 Å². The zero-order valence-electron chi connectivity index (χ0n) is 16.9. The summed E-state index contributed by atoms with van der Waals surface area (Å²) < 4.78 is 14.8. The molecule has 28 heavy (non-hydrogen) atoms.